The van der Waals surface area contributed by atoms with Crippen molar-refractivity contribution in [3.8, 4) is 0 Å². The summed E-state index contributed by atoms with van der Waals surface area (Å²) in [6, 6.07) is 6.31. The normalized spacial score (nSPS) is 28.3. The van der Waals surface area contributed by atoms with Crippen molar-refractivity contribution >= 4 is 5.91 Å². The topological polar surface area (TPSA) is 54.5 Å². The smallest absolute Gasteiger partial charge is 0.226 e. The van der Waals surface area contributed by atoms with Gasteiger partial charge >= 0.3 is 0 Å². The molecule has 1 saturated carbocycles. The standard InChI is InChI=1S/C20H29N3O2/c24-19(18-14-20(18)7-12-25-13-8-20)23(15-16-4-1-2-10-22-16)17-5-3-9-21-11-6-17/h1-2,4,10,17-18,21H,3,5-9,11-15H2/t17-,18-/m0/s1. The monoisotopic (exact) mass is 343 g/mol. The van der Waals surface area contributed by atoms with Crippen molar-refractivity contribution in [2.45, 2.75) is 51.1 Å². The zero-order valence-corrected chi connectivity index (χ0v) is 15.0. The Balaban J connectivity index is 1.51. The summed E-state index contributed by atoms with van der Waals surface area (Å²) in [7, 11) is 0. The number of nitrogens with one attached hydrogen (secondary N) is 1. The van der Waals surface area contributed by atoms with E-state index >= 15 is 0 Å². The van der Waals surface area contributed by atoms with Gasteiger partial charge in [0.05, 0.1) is 12.2 Å². The molecule has 4 rings (SSSR count). The first kappa shape index (κ1) is 17.0. The molecule has 3 aliphatic rings. The van der Waals surface area contributed by atoms with Crippen LogP contribution in [0.1, 0.15) is 44.2 Å². The first-order valence-corrected chi connectivity index (χ1v) is 9.77. The molecule has 2 saturated heterocycles. The minimum absolute atomic E-state index is 0.205. The molecule has 0 unspecified atom stereocenters. The van der Waals surface area contributed by atoms with Gasteiger partial charge in [-0.25, -0.2) is 0 Å². The number of carbonyl (C=O) groups is 1. The second kappa shape index (κ2) is 7.42. The highest BCUT2D eigenvalue weighted by atomic mass is 16.5. The van der Waals surface area contributed by atoms with Crippen molar-refractivity contribution in [2.24, 2.45) is 11.3 Å². The van der Waals surface area contributed by atoms with Crippen LogP contribution >= 0.6 is 0 Å². The molecule has 1 spiro atoms. The van der Waals surface area contributed by atoms with Gasteiger partial charge in [0.2, 0.25) is 5.91 Å². The first-order valence-electron chi connectivity index (χ1n) is 9.77. The molecule has 5 heteroatoms. The SMILES string of the molecule is O=C([C@@H]1CC12CCOCC2)N(Cc1ccccn1)[C@H]1CCCNCC1. The van der Waals surface area contributed by atoms with Crippen molar-refractivity contribution < 1.29 is 9.53 Å². The number of pyridine rings is 1. The van der Waals surface area contributed by atoms with Crippen LogP contribution in [0.15, 0.2) is 24.4 Å². The summed E-state index contributed by atoms with van der Waals surface area (Å²) in [4.78, 5) is 20.1. The van der Waals surface area contributed by atoms with Gasteiger partial charge in [0.15, 0.2) is 0 Å². The molecule has 1 aliphatic carbocycles. The highest BCUT2D eigenvalue weighted by molar-refractivity contribution is 5.83. The van der Waals surface area contributed by atoms with E-state index in [-0.39, 0.29) is 11.3 Å². The van der Waals surface area contributed by atoms with Crippen LogP contribution in [0.25, 0.3) is 0 Å². The molecule has 1 N–H and O–H groups in total. The lowest BCUT2D eigenvalue weighted by molar-refractivity contribution is -0.137. The molecular weight excluding hydrogens is 314 g/mol. The molecule has 25 heavy (non-hydrogen) atoms. The molecule has 1 amide bonds. The quantitative estimate of drug-likeness (QED) is 0.912. The molecule has 0 bridgehead atoms. The summed E-state index contributed by atoms with van der Waals surface area (Å²) in [5.74, 6) is 0.566. The number of hydrogen-bond donors (Lipinski definition) is 1. The highest BCUT2D eigenvalue weighted by Crippen LogP contribution is 2.60. The van der Waals surface area contributed by atoms with Crippen LogP contribution in [0, 0.1) is 11.3 Å². The van der Waals surface area contributed by atoms with Gasteiger partial charge in [-0.15, -0.1) is 0 Å². The third-order valence-electron chi connectivity index (χ3n) is 6.30. The maximum atomic E-state index is 13.4. The van der Waals surface area contributed by atoms with E-state index in [1.54, 1.807) is 0 Å². The summed E-state index contributed by atoms with van der Waals surface area (Å²) >= 11 is 0. The Morgan fingerprint density at radius 2 is 2.16 bits per heavy atom. The number of nitrogens with zero attached hydrogens (tertiary/aromatic N) is 2. The average molecular weight is 343 g/mol. The molecule has 0 aromatic carbocycles. The van der Waals surface area contributed by atoms with Crippen molar-refractivity contribution in [2.75, 3.05) is 26.3 Å². The zero-order chi connectivity index (χ0) is 17.1. The molecule has 3 heterocycles. The Morgan fingerprint density at radius 3 is 2.96 bits per heavy atom. The van der Waals surface area contributed by atoms with Crippen LogP contribution in [0.5, 0.6) is 0 Å². The van der Waals surface area contributed by atoms with E-state index in [1.807, 2.05) is 24.4 Å². The van der Waals surface area contributed by atoms with E-state index < -0.39 is 0 Å². The lowest BCUT2D eigenvalue weighted by Crippen LogP contribution is -2.42. The largest absolute Gasteiger partial charge is 0.381 e. The Morgan fingerprint density at radius 1 is 1.28 bits per heavy atom. The van der Waals surface area contributed by atoms with E-state index in [9.17, 15) is 4.79 Å². The minimum atomic E-state index is 0.205. The maximum Gasteiger partial charge on any atom is 0.226 e. The lowest BCUT2D eigenvalue weighted by Gasteiger charge is -2.32. The second-order valence-corrected chi connectivity index (χ2v) is 7.85. The summed E-state index contributed by atoms with van der Waals surface area (Å²) in [6.07, 6.45) is 8.25. The maximum absolute atomic E-state index is 13.4. The minimum Gasteiger partial charge on any atom is -0.381 e. The number of aromatic nitrogens is 1. The molecule has 1 aromatic heterocycles. The van der Waals surface area contributed by atoms with Gasteiger partial charge in [0.25, 0.3) is 0 Å². The zero-order valence-electron chi connectivity index (χ0n) is 15.0. The lowest BCUT2D eigenvalue weighted by atomic mass is 9.93. The number of amides is 1. The van der Waals surface area contributed by atoms with E-state index in [0.29, 0.717) is 18.5 Å². The number of ether oxygens (including phenoxy) is 1. The first-order chi connectivity index (χ1) is 12.3. The van der Waals surface area contributed by atoms with Crippen molar-refractivity contribution in [3.05, 3.63) is 30.1 Å². The Bertz CT molecular complexity index is 578. The number of hydrogen-bond acceptors (Lipinski definition) is 4. The number of carbonyl (C=O) groups excluding carboxylic acids is 1. The van der Waals surface area contributed by atoms with Gasteiger partial charge in [0.1, 0.15) is 0 Å². The fourth-order valence-electron chi connectivity index (χ4n) is 4.59. The Labute approximate surface area is 150 Å². The van der Waals surface area contributed by atoms with Crippen LogP contribution in [-0.2, 0) is 16.1 Å². The van der Waals surface area contributed by atoms with Gasteiger partial charge in [-0.2, -0.15) is 0 Å². The average Bonchev–Trinajstić information content (AvgIpc) is 3.40. The summed E-state index contributed by atoms with van der Waals surface area (Å²) in [6.45, 7) is 4.34. The van der Waals surface area contributed by atoms with Crippen LogP contribution in [-0.4, -0.2) is 48.1 Å². The van der Waals surface area contributed by atoms with Gasteiger partial charge in [-0.3, -0.25) is 9.78 Å². The molecule has 5 nitrogen and oxygen atoms in total. The van der Waals surface area contributed by atoms with Gasteiger partial charge in [-0.1, -0.05) is 6.07 Å². The predicted molar refractivity (Wildman–Crippen MR) is 95.9 cm³/mol. The summed E-state index contributed by atoms with van der Waals surface area (Å²) < 4.78 is 5.52. The third kappa shape index (κ3) is 3.72. The van der Waals surface area contributed by atoms with Crippen LogP contribution in [0.3, 0.4) is 0 Å². The Hall–Kier alpha value is -1.46. The molecule has 1 aromatic rings. The predicted octanol–water partition coefficient (Wildman–Crippen LogP) is 2.37. The van der Waals surface area contributed by atoms with Crippen LogP contribution in [0.2, 0.25) is 0 Å². The van der Waals surface area contributed by atoms with E-state index in [4.69, 9.17) is 4.74 Å². The molecule has 0 radical (unpaired) electrons. The van der Waals surface area contributed by atoms with Gasteiger partial charge < -0.3 is 15.0 Å². The molecule has 2 atom stereocenters. The summed E-state index contributed by atoms with van der Waals surface area (Å²) in [5, 5.41) is 3.47. The van der Waals surface area contributed by atoms with E-state index in [2.05, 4.69) is 15.2 Å². The van der Waals surface area contributed by atoms with E-state index in [0.717, 1.165) is 70.5 Å². The van der Waals surface area contributed by atoms with Gasteiger partial charge in [0, 0.05) is 31.4 Å². The van der Waals surface area contributed by atoms with E-state index in [1.165, 1.54) is 0 Å². The second-order valence-electron chi connectivity index (χ2n) is 7.85. The van der Waals surface area contributed by atoms with Crippen molar-refractivity contribution in [3.63, 3.8) is 0 Å². The Kier molecular flexibility index (Phi) is 5.04. The van der Waals surface area contributed by atoms with Gasteiger partial charge in [-0.05, 0) is 69.2 Å². The van der Waals surface area contributed by atoms with Crippen LogP contribution in [0.4, 0.5) is 0 Å². The van der Waals surface area contributed by atoms with Crippen molar-refractivity contribution in [1.29, 1.82) is 0 Å². The van der Waals surface area contributed by atoms with Crippen LogP contribution < -0.4 is 5.32 Å². The third-order valence-corrected chi connectivity index (χ3v) is 6.30. The summed E-state index contributed by atoms with van der Waals surface area (Å²) in [5.41, 5.74) is 1.23. The molecule has 2 aliphatic heterocycles. The number of rotatable bonds is 4. The molecule has 136 valence electrons. The fraction of sp³-hybridized carbons (Fsp3) is 0.700. The molecular formula is C20H29N3O2. The highest BCUT2D eigenvalue weighted by Gasteiger charge is 2.59. The fourth-order valence-corrected chi connectivity index (χ4v) is 4.59. The van der Waals surface area contributed by atoms with Crippen molar-refractivity contribution in [1.82, 2.24) is 15.2 Å². The molecule has 3 fully saturated rings.